The zero-order valence-electron chi connectivity index (χ0n) is 18.0. The SMILES string of the molecule is CCCC(CC(=O)NOC)c1cc(-c2ccc(Cl)cc2Cl)c(Cl)c2nc3n(c12)CCCN3. The van der Waals surface area contributed by atoms with Crippen LogP contribution >= 0.6 is 34.8 Å². The number of nitrogens with one attached hydrogen (secondary N) is 2. The van der Waals surface area contributed by atoms with Crippen molar-refractivity contribution in [3.8, 4) is 11.1 Å². The van der Waals surface area contributed by atoms with Gasteiger partial charge in [-0.05, 0) is 42.5 Å². The number of carbonyl (C=O) groups is 1. The number of hydroxylamine groups is 1. The van der Waals surface area contributed by atoms with E-state index in [0.717, 1.165) is 60.5 Å². The number of halogens is 3. The maximum Gasteiger partial charge on any atom is 0.244 e. The molecule has 0 radical (unpaired) electrons. The summed E-state index contributed by atoms with van der Waals surface area (Å²) in [4.78, 5) is 22.1. The van der Waals surface area contributed by atoms with Crippen molar-refractivity contribution >= 4 is 57.7 Å². The molecule has 1 aliphatic rings. The molecule has 1 unspecified atom stereocenters. The predicted octanol–water partition coefficient (Wildman–Crippen LogP) is 6.43. The van der Waals surface area contributed by atoms with E-state index in [1.54, 1.807) is 12.1 Å². The lowest BCUT2D eigenvalue weighted by atomic mass is 9.87. The summed E-state index contributed by atoms with van der Waals surface area (Å²) in [6.07, 6.45) is 3.03. The normalized spacial score (nSPS) is 14.2. The third-order valence-electron chi connectivity index (χ3n) is 5.77. The monoisotopic (exact) mass is 494 g/mol. The van der Waals surface area contributed by atoms with Gasteiger partial charge >= 0.3 is 0 Å². The molecule has 170 valence electrons. The molecule has 0 saturated heterocycles. The number of carbonyl (C=O) groups excluding carboxylic acids is 1. The third-order valence-corrected chi connectivity index (χ3v) is 6.70. The molecule has 32 heavy (non-hydrogen) atoms. The van der Waals surface area contributed by atoms with Crippen LogP contribution in [0.3, 0.4) is 0 Å². The molecule has 1 aromatic heterocycles. The van der Waals surface area contributed by atoms with E-state index in [1.165, 1.54) is 7.11 Å². The molecule has 1 amide bonds. The molecule has 3 aromatic rings. The van der Waals surface area contributed by atoms with E-state index in [-0.39, 0.29) is 11.8 Å². The number of fused-ring (bicyclic) bond motifs is 3. The van der Waals surface area contributed by atoms with Gasteiger partial charge in [-0.3, -0.25) is 9.63 Å². The van der Waals surface area contributed by atoms with Gasteiger partial charge in [0.15, 0.2) is 0 Å². The van der Waals surface area contributed by atoms with Gasteiger partial charge in [0.2, 0.25) is 11.9 Å². The largest absolute Gasteiger partial charge is 0.356 e. The fourth-order valence-corrected chi connectivity index (χ4v) is 5.21. The van der Waals surface area contributed by atoms with Crippen molar-refractivity contribution in [2.75, 3.05) is 19.0 Å². The van der Waals surface area contributed by atoms with E-state index in [1.807, 2.05) is 6.07 Å². The summed E-state index contributed by atoms with van der Waals surface area (Å²) in [5, 5.41) is 4.97. The Bertz CT molecular complexity index is 1160. The zero-order valence-corrected chi connectivity index (χ0v) is 20.2. The lowest BCUT2D eigenvalue weighted by Gasteiger charge is -2.22. The Hall–Kier alpha value is -1.99. The predicted molar refractivity (Wildman–Crippen MR) is 131 cm³/mol. The smallest absolute Gasteiger partial charge is 0.244 e. The van der Waals surface area contributed by atoms with E-state index in [9.17, 15) is 4.79 Å². The van der Waals surface area contributed by atoms with Crippen molar-refractivity contribution in [3.63, 3.8) is 0 Å². The summed E-state index contributed by atoms with van der Waals surface area (Å²) >= 11 is 19.6. The zero-order chi connectivity index (χ0) is 22.8. The third kappa shape index (κ3) is 4.42. The van der Waals surface area contributed by atoms with Crippen molar-refractivity contribution in [2.45, 2.75) is 45.1 Å². The Labute approximate surface area is 202 Å². The molecule has 0 spiro atoms. The average Bonchev–Trinajstić information content (AvgIpc) is 3.15. The molecular formula is C23H25Cl3N4O2. The first-order valence-electron chi connectivity index (χ1n) is 10.7. The van der Waals surface area contributed by atoms with Crippen LogP contribution in [0.15, 0.2) is 24.3 Å². The van der Waals surface area contributed by atoms with Gasteiger partial charge in [-0.15, -0.1) is 0 Å². The van der Waals surface area contributed by atoms with E-state index in [0.29, 0.717) is 27.0 Å². The number of aryl methyl sites for hydroxylation is 1. The summed E-state index contributed by atoms with van der Waals surface area (Å²) in [5.41, 5.74) is 6.71. The molecule has 0 saturated carbocycles. The second-order valence-corrected chi connectivity index (χ2v) is 9.16. The molecule has 6 nitrogen and oxygen atoms in total. The van der Waals surface area contributed by atoms with Crippen LogP contribution in [0.4, 0.5) is 5.95 Å². The van der Waals surface area contributed by atoms with Gasteiger partial charge in [-0.1, -0.05) is 54.2 Å². The van der Waals surface area contributed by atoms with Crippen LogP contribution in [0, 0.1) is 0 Å². The van der Waals surface area contributed by atoms with Crippen molar-refractivity contribution in [1.29, 1.82) is 0 Å². The Morgan fingerprint density at radius 2 is 2.09 bits per heavy atom. The minimum atomic E-state index is -0.170. The van der Waals surface area contributed by atoms with Crippen LogP contribution in [0.2, 0.25) is 15.1 Å². The number of hydrogen-bond donors (Lipinski definition) is 2. The number of imidazole rings is 1. The standard InChI is InChI=1S/C23H25Cl3N4O2/c1-3-5-13(10-19(31)29-32-2)16-12-17(15-7-6-14(24)11-18(15)25)20(26)21-22(16)30-9-4-8-27-23(30)28-21/h6-7,11-13H,3-5,8-10H2,1-2H3,(H,27,28)(H,29,31). The number of benzene rings is 2. The lowest BCUT2D eigenvalue weighted by Crippen LogP contribution is -2.24. The van der Waals surface area contributed by atoms with Gasteiger partial charge < -0.3 is 9.88 Å². The second kappa shape index (κ2) is 9.87. The van der Waals surface area contributed by atoms with E-state index in [2.05, 4.69) is 28.4 Å². The Morgan fingerprint density at radius 3 is 2.81 bits per heavy atom. The first-order chi connectivity index (χ1) is 15.4. The lowest BCUT2D eigenvalue weighted by molar-refractivity contribution is -0.131. The van der Waals surface area contributed by atoms with Crippen molar-refractivity contribution in [2.24, 2.45) is 0 Å². The van der Waals surface area contributed by atoms with Crippen LogP contribution < -0.4 is 10.8 Å². The van der Waals surface area contributed by atoms with Crippen LogP contribution in [-0.2, 0) is 16.2 Å². The molecule has 0 bridgehead atoms. The summed E-state index contributed by atoms with van der Waals surface area (Å²) in [6.45, 7) is 3.81. The Morgan fingerprint density at radius 1 is 1.28 bits per heavy atom. The fraction of sp³-hybridized carbons (Fsp3) is 0.391. The van der Waals surface area contributed by atoms with Crippen LogP contribution in [0.25, 0.3) is 22.2 Å². The van der Waals surface area contributed by atoms with Gasteiger partial charge in [0, 0.05) is 40.7 Å². The molecule has 2 N–H and O–H groups in total. The number of hydrogen-bond acceptors (Lipinski definition) is 4. The maximum atomic E-state index is 12.4. The van der Waals surface area contributed by atoms with Crippen molar-refractivity contribution < 1.29 is 9.63 Å². The number of rotatable bonds is 7. The summed E-state index contributed by atoms with van der Waals surface area (Å²) in [7, 11) is 1.44. The van der Waals surface area contributed by atoms with Crippen molar-refractivity contribution in [1.82, 2.24) is 15.0 Å². The van der Waals surface area contributed by atoms with Crippen LogP contribution in [0.5, 0.6) is 0 Å². The molecule has 9 heteroatoms. The van der Waals surface area contributed by atoms with E-state index < -0.39 is 0 Å². The number of nitrogens with zero attached hydrogens (tertiary/aromatic N) is 2. The highest BCUT2D eigenvalue weighted by atomic mass is 35.5. The summed E-state index contributed by atoms with van der Waals surface area (Å²) in [5.74, 6) is 0.587. The highest BCUT2D eigenvalue weighted by Gasteiger charge is 2.27. The Kier molecular flexibility index (Phi) is 7.15. The van der Waals surface area contributed by atoms with Gasteiger partial charge in [0.1, 0.15) is 5.52 Å². The number of anilines is 1. The molecule has 2 aromatic carbocycles. The molecule has 1 aliphatic heterocycles. The van der Waals surface area contributed by atoms with E-state index >= 15 is 0 Å². The molecule has 4 rings (SSSR count). The van der Waals surface area contributed by atoms with Gasteiger partial charge in [0.05, 0.1) is 17.6 Å². The minimum absolute atomic E-state index is 0.0394. The molecule has 0 aliphatic carbocycles. The molecular weight excluding hydrogens is 471 g/mol. The first-order valence-corrected chi connectivity index (χ1v) is 11.8. The van der Waals surface area contributed by atoms with Gasteiger partial charge in [0.25, 0.3) is 0 Å². The first kappa shape index (κ1) is 23.2. The second-order valence-electron chi connectivity index (χ2n) is 7.94. The summed E-state index contributed by atoms with van der Waals surface area (Å²) < 4.78 is 2.17. The average molecular weight is 496 g/mol. The quantitative estimate of drug-likeness (QED) is 0.371. The molecule has 2 heterocycles. The highest BCUT2D eigenvalue weighted by Crippen LogP contribution is 2.44. The van der Waals surface area contributed by atoms with Gasteiger partial charge in [-0.25, -0.2) is 10.5 Å². The molecule has 0 fully saturated rings. The summed E-state index contributed by atoms with van der Waals surface area (Å²) in [6, 6.07) is 7.41. The van der Waals surface area contributed by atoms with E-state index in [4.69, 9.17) is 44.6 Å². The topological polar surface area (TPSA) is 68.2 Å². The number of amides is 1. The Balaban J connectivity index is 1.97. The maximum absolute atomic E-state index is 12.4. The highest BCUT2D eigenvalue weighted by molar-refractivity contribution is 6.40. The van der Waals surface area contributed by atoms with Gasteiger partial charge in [-0.2, -0.15) is 0 Å². The fourth-order valence-electron chi connectivity index (χ4n) is 4.41. The minimum Gasteiger partial charge on any atom is -0.356 e. The molecule has 1 atom stereocenters. The number of aromatic nitrogens is 2. The van der Waals surface area contributed by atoms with Crippen LogP contribution in [-0.4, -0.2) is 29.1 Å². The van der Waals surface area contributed by atoms with Crippen molar-refractivity contribution in [3.05, 3.63) is 44.9 Å². The van der Waals surface area contributed by atoms with Crippen LogP contribution in [0.1, 0.15) is 44.1 Å².